The van der Waals surface area contributed by atoms with Crippen LogP contribution in [0.2, 0.25) is 0 Å². The van der Waals surface area contributed by atoms with E-state index in [1.165, 1.54) is 18.2 Å². The predicted molar refractivity (Wildman–Crippen MR) is 84.3 cm³/mol. The Morgan fingerprint density at radius 3 is 2.57 bits per heavy atom. The third kappa shape index (κ3) is 5.08. The van der Waals surface area contributed by atoms with E-state index in [9.17, 15) is 4.79 Å². The molecule has 2 aromatic rings. The first-order valence-electron chi connectivity index (χ1n) is 7.29. The van der Waals surface area contributed by atoms with Gasteiger partial charge in [-0.3, -0.25) is 4.79 Å². The Balaban J connectivity index is 1.80. The quantitative estimate of drug-likeness (QED) is 0.764. The molecule has 0 bridgehead atoms. The highest BCUT2D eigenvalue weighted by Gasteiger charge is 2.08. The summed E-state index contributed by atoms with van der Waals surface area (Å²) in [6.45, 7) is 6.31. The fraction of sp³-hybridized carbons (Fsp3) is 0.353. The second-order valence-electron chi connectivity index (χ2n) is 5.49. The molecule has 21 heavy (non-hydrogen) atoms. The van der Waals surface area contributed by atoms with E-state index in [2.05, 4.69) is 24.5 Å². The van der Waals surface area contributed by atoms with Crippen LogP contribution in [0.3, 0.4) is 0 Å². The van der Waals surface area contributed by atoms with E-state index in [0.717, 1.165) is 24.7 Å². The lowest BCUT2D eigenvalue weighted by molar-refractivity contribution is 0.0996. The van der Waals surface area contributed by atoms with E-state index in [0.29, 0.717) is 5.76 Å². The molecule has 1 aromatic heterocycles. The topological polar surface area (TPSA) is 54.3 Å². The highest BCUT2D eigenvalue weighted by Crippen LogP contribution is 2.11. The zero-order chi connectivity index (χ0) is 15.1. The van der Waals surface area contributed by atoms with Crippen molar-refractivity contribution in [3.05, 3.63) is 54.0 Å². The van der Waals surface area contributed by atoms with Gasteiger partial charge in [-0.2, -0.15) is 0 Å². The number of anilines is 1. The van der Waals surface area contributed by atoms with Crippen LogP contribution in [0.4, 0.5) is 5.69 Å². The summed E-state index contributed by atoms with van der Waals surface area (Å²) in [7, 11) is 0. The summed E-state index contributed by atoms with van der Waals surface area (Å²) in [5.41, 5.74) is 1.97. The number of hydrogen-bond acceptors (Lipinski definition) is 3. The lowest BCUT2D eigenvalue weighted by Gasteiger charge is -2.08. The smallest absolute Gasteiger partial charge is 0.291 e. The van der Waals surface area contributed by atoms with E-state index >= 15 is 0 Å². The number of amides is 1. The van der Waals surface area contributed by atoms with Gasteiger partial charge in [0, 0.05) is 12.2 Å². The number of benzene rings is 1. The molecular weight excluding hydrogens is 264 g/mol. The molecule has 0 aliphatic heterocycles. The average Bonchev–Trinajstić information content (AvgIpc) is 2.99. The van der Waals surface area contributed by atoms with Gasteiger partial charge in [-0.15, -0.1) is 0 Å². The van der Waals surface area contributed by atoms with Crippen molar-refractivity contribution in [2.24, 2.45) is 5.92 Å². The standard InChI is InChI=1S/C17H22N2O2/c1-13(2)9-10-18-12-14-5-7-15(8-6-14)19-17(20)16-4-3-11-21-16/h3-8,11,13,18H,9-10,12H2,1-2H3,(H,19,20). The maximum absolute atomic E-state index is 11.8. The summed E-state index contributed by atoms with van der Waals surface area (Å²) in [4.78, 5) is 11.8. The first kappa shape index (κ1) is 15.3. The number of carbonyl (C=O) groups excluding carboxylic acids is 1. The van der Waals surface area contributed by atoms with Crippen LogP contribution in [0.15, 0.2) is 47.1 Å². The maximum atomic E-state index is 11.8. The molecule has 0 aliphatic rings. The van der Waals surface area contributed by atoms with Crippen LogP contribution in [-0.4, -0.2) is 12.5 Å². The molecule has 2 rings (SSSR count). The van der Waals surface area contributed by atoms with Crippen LogP contribution in [0.25, 0.3) is 0 Å². The van der Waals surface area contributed by atoms with Gasteiger partial charge in [0.25, 0.3) is 5.91 Å². The lowest BCUT2D eigenvalue weighted by atomic mass is 10.1. The maximum Gasteiger partial charge on any atom is 0.291 e. The summed E-state index contributed by atoms with van der Waals surface area (Å²) >= 11 is 0. The van der Waals surface area contributed by atoms with Crippen molar-refractivity contribution < 1.29 is 9.21 Å². The number of furan rings is 1. The van der Waals surface area contributed by atoms with Gasteiger partial charge in [0.2, 0.25) is 0 Å². The number of rotatable bonds is 7. The summed E-state index contributed by atoms with van der Waals surface area (Å²) in [5, 5.41) is 6.21. The SMILES string of the molecule is CC(C)CCNCc1ccc(NC(=O)c2ccco2)cc1. The van der Waals surface area contributed by atoms with Crippen LogP contribution >= 0.6 is 0 Å². The van der Waals surface area contributed by atoms with E-state index in [1.807, 2.05) is 24.3 Å². The fourth-order valence-electron chi connectivity index (χ4n) is 1.93. The molecule has 0 unspecified atom stereocenters. The minimum Gasteiger partial charge on any atom is -0.459 e. The van der Waals surface area contributed by atoms with Crippen molar-refractivity contribution in [3.8, 4) is 0 Å². The van der Waals surface area contributed by atoms with Gasteiger partial charge in [0.15, 0.2) is 5.76 Å². The largest absolute Gasteiger partial charge is 0.459 e. The third-order valence-electron chi connectivity index (χ3n) is 3.18. The van der Waals surface area contributed by atoms with Crippen LogP contribution < -0.4 is 10.6 Å². The lowest BCUT2D eigenvalue weighted by Crippen LogP contribution is -2.16. The van der Waals surface area contributed by atoms with Crippen molar-refractivity contribution in [1.29, 1.82) is 0 Å². The molecule has 4 nitrogen and oxygen atoms in total. The molecule has 112 valence electrons. The summed E-state index contributed by atoms with van der Waals surface area (Å²) in [5.74, 6) is 0.800. The Kier molecular flexibility index (Phi) is 5.58. The molecule has 4 heteroatoms. The number of carbonyl (C=O) groups is 1. The van der Waals surface area contributed by atoms with E-state index in [4.69, 9.17) is 4.42 Å². The van der Waals surface area contributed by atoms with Crippen LogP contribution in [0, 0.1) is 5.92 Å². The molecule has 0 saturated heterocycles. The van der Waals surface area contributed by atoms with Crippen molar-refractivity contribution >= 4 is 11.6 Å². The molecule has 0 fully saturated rings. The highest BCUT2D eigenvalue weighted by atomic mass is 16.3. The van der Waals surface area contributed by atoms with Gasteiger partial charge < -0.3 is 15.1 Å². The Morgan fingerprint density at radius 1 is 1.19 bits per heavy atom. The Morgan fingerprint density at radius 2 is 1.95 bits per heavy atom. The van der Waals surface area contributed by atoms with E-state index in [1.54, 1.807) is 12.1 Å². The third-order valence-corrected chi connectivity index (χ3v) is 3.18. The number of nitrogens with one attached hydrogen (secondary N) is 2. The highest BCUT2D eigenvalue weighted by molar-refractivity contribution is 6.02. The summed E-state index contributed by atoms with van der Waals surface area (Å²) in [6, 6.07) is 11.2. The minimum absolute atomic E-state index is 0.234. The average molecular weight is 286 g/mol. The van der Waals surface area contributed by atoms with Crippen LogP contribution in [0.5, 0.6) is 0 Å². The van der Waals surface area contributed by atoms with Gasteiger partial charge in [0.05, 0.1) is 6.26 Å². The Bertz CT molecular complexity index is 545. The molecule has 0 radical (unpaired) electrons. The monoisotopic (exact) mass is 286 g/mol. The molecule has 0 atom stereocenters. The molecule has 1 aromatic carbocycles. The normalized spacial score (nSPS) is 10.8. The van der Waals surface area contributed by atoms with Gasteiger partial charge in [0.1, 0.15) is 0 Å². The molecule has 0 aliphatic carbocycles. The number of hydrogen-bond donors (Lipinski definition) is 2. The molecule has 0 saturated carbocycles. The molecular formula is C17H22N2O2. The van der Waals surface area contributed by atoms with Gasteiger partial charge >= 0.3 is 0 Å². The zero-order valence-electron chi connectivity index (χ0n) is 12.6. The fourth-order valence-corrected chi connectivity index (χ4v) is 1.93. The Hall–Kier alpha value is -2.07. The second kappa shape index (κ2) is 7.64. The van der Waals surface area contributed by atoms with Crippen molar-refractivity contribution in [2.75, 3.05) is 11.9 Å². The van der Waals surface area contributed by atoms with Gasteiger partial charge in [-0.05, 0) is 48.7 Å². The summed E-state index contributed by atoms with van der Waals surface area (Å²) < 4.78 is 5.05. The summed E-state index contributed by atoms with van der Waals surface area (Å²) in [6.07, 6.45) is 2.66. The van der Waals surface area contributed by atoms with Crippen molar-refractivity contribution in [2.45, 2.75) is 26.8 Å². The Labute approximate surface area is 125 Å². The van der Waals surface area contributed by atoms with Crippen molar-refractivity contribution in [1.82, 2.24) is 5.32 Å². The van der Waals surface area contributed by atoms with Gasteiger partial charge in [-0.1, -0.05) is 26.0 Å². The zero-order valence-corrected chi connectivity index (χ0v) is 12.6. The van der Waals surface area contributed by atoms with Crippen LogP contribution in [-0.2, 0) is 6.54 Å². The first-order chi connectivity index (χ1) is 10.1. The molecule has 1 amide bonds. The second-order valence-corrected chi connectivity index (χ2v) is 5.49. The first-order valence-corrected chi connectivity index (χ1v) is 7.29. The van der Waals surface area contributed by atoms with E-state index in [-0.39, 0.29) is 5.91 Å². The van der Waals surface area contributed by atoms with E-state index < -0.39 is 0 Å². The van der Waals surface area contributed by atoms with Crippen molar-refractivity contribution in [3.63, 3.8) is 0 Å². The minimum atomic E-state index is -0.234. The van der Waals surface area contributed by atoms with Gasteiger partial charge in [-0.25, -0.2) is 0 Å². The molecule has 0 spiro atoms. The molecule has 2 N–H and O–H groups in total. The molecule has 1 heterocycles. The van der Waals surface area contributed by atoms with Crippen LogP contribution in [0.1, 0.15) is 36.4 Å². The predicted octanol–water partition coefficient (Wildman–Crippen LogP) is 3.67.